The van der Waals surface area contributed by atoms with Gasteiger partial charge in [-0.2, -0.15) is 0 Å². The van der Waals surface area contributed by atoms with Gasteiger partial charge in [-0.25, -0.2) is 4.79 Å². The van der Waals surface area contributed by atoms with Gasteiger partial charge in [0.15, 0.2) is 5.78 Å². The molecular formula is C25H23Cl2NO4. The highest BCUT2D eigenvalue weighted by Gasteiger charge is 2.40. The van der Waals surface area contributed by atoms with Crippen molar-refractivity contribution in [2.24, 2.45) is 0 Å². The summed E-state index contributed by atoms with van der Waals surface area (Å²) < 4.78 is 10.8. The first-order chi connectivity index (χ1) is 15.4. The second kappa shape index (κ2) is 9.39. The average Bonchev–Trinajstić information content (AvgIpc) is 2.79. The number of dihydropyridines is 1. The third-order valence-corrected chi connectivity index (χ3v) is 6.65. The maximum absolute atomic E-state index is 13.3. The van der Waals surface area contributed by atoms with Gasteiger partial charge in [0, 0.05) is 29.3 Å². The highest BCUT2D eigenvalue weighted by molar-refractivity contribution is 6.42. The van der Waals surface area contributed by atoms with E-state index in [1.165, 1.54) is 0 Å². The van der Waals surface area contributed by atoms with Gasteiger partial charge in [-0.3, -0.25) is 4.79 Å². The number of allylic oxidation sites excluding steroid dienone is 3. The molecule has 7 heteroatoms. The Morgan fingerprint density at radius 1 is 1.12 bits per heavy atom. The molecule has 0 bridgehead atoms. The summed E-state index contributed by atoms with van der Waals surface area (Å²) in [5.41, 5.74) is 3.89. The van der Waals surface area contributed by atoms with Crippen LogP contribution < -0.4 is 10.1 Å². The molecular weight excluding hydrogens is 449 g/mol. The molecule has 0 radical (unpaired) electrons. The molecule has 0 unspecified atom stereocenters. The molecule has 2 aromatic rings. The largest absolute Gasteiger partial charge is 0.497 e. The van der Waals surface area contributed by atoms with Crippen LogP contribution in [0.25, 0.3) is 0 Å². The van der Waals surface area contributed by atoms with Crippen molar-refractivity contribution >= 4 is 35.0 Å². The number of hydrogen-bond acceptors (Lipinski definition) is 5. The molecule has 1 aliphatic heterocycles. The second-order valence-electron chi connectivity index (χ2n) is 7.83. The van der Waals surface area contributed by atoms with Crippen LogP contribution in [-0.4, -0.2) is 18.9 Å². The highest BCUT2D eigenvalue weighted by Crippen LogP contribution is 2.45. The number of rotatable bonds is 5. The van der Waals surface area contributed by atoms with Crippen molar-refractivity contribution in [3.05, 3.63) is 86.2 Å². The predicted molar refractivity (Wildman–Crippen MR) is 124 cm³/mol. The van der Waals surface area contributed by atoms with Crippen LogP contribution in [0.1, 0.15) is 43.2 Å². The maximum atomic E-state index is 13.3. The molecule has 2 aliphatic rings. The number of nitrogens with one attached hydrogen (secondary N) is 1. The van der Waals surface area contributed by atoms with Gasteiger partial charge in [-0.05, 0) is 49.1 Å². The summed E-state index contributed by atoms with van der Waals surface area (Å²) in [6.07, 6.45) is 1.94. The number of Topliss-reactive ketones (excluding diaryl/α,β-unsaturated/α-hetero) is 1. The van der Waals surface area contributed by atoms with E-state index in [-0.39, 0.29) is 12.4 Å². The summed E-state index contributed by atoms with van der Waals surface area (Å²) in [6, 6.07) is 12.6. The van der Waals surface area contributed by atoms with E-state index in [0.717, 1.165) is 29.9 Å². The number of halogens is 2. The van der Waals surface area contributed by atoms with Crippen LogP contribution in [0.2, 0.25) is 10.0 Å². The van der Waals surface area contributed by atoms with Crippen LogP contribution >= 0.6 is 23.2 Å². The van der Waals surface area contributed by atoms with Crippen LogP contribution in [0.5, 0.6) is 5.75 Å². The fraction of sp³-hybridized carbons (Fsp3) is 0.280. The van der Waals surface area contributed by atoms with Crippen LogP contribution in [0.3, 0.4) is 0 Å². The monoisotopic (exact) mass is 471 g/mol. The summed E-state index contributed by atoms with van der Waals surface area (Å²) >= 11 is 12.8. The zero-order valence-electron chi connectivity index (χ0n) is 17.8. The molecule has 0 amide bonds. The molecule has 166 valence electrons. The van der Waals surface area contributed by atoms with E-state index in [2.05, 4.69) is 5.32 Å². The van der Waals surface area contributed by atoms with E-state index < -0.39 is 11.9 Å². The number of hydrogen-bond donors (Lipinski definition) is 1. The Bertz CT molecular complexity index is 1140. The van der Waals surface area contributed by atoms with Crippen LogP contribution in [0.4, 0.5) is 0 Å². The van der Waals surface area contributed by atoms with Crippen molar-refractivity contribution in [1.29, 1.82) is 0 Å². The van der Waals surface area contributed by atoms with Gasteiger partial charge in [-0.15, -0.1) is 0 Å². The predicted octanol–water partition coefficient (Wildman–Crippen LogP) is 5.71. The number of ketones is 1. The van der Waals surface area contributed by atoms with Crippen LogP contribution in [-0.2, 0) is 20.9 Å². The number of carbonyl (C=O) groups is 2. The van der Waals surface area contributed by atoms with Gasteiger partial charge in [-0.1, -0.05) is 47.5 Å². The third-order valence-electron chi connectivity index (χ3n) is 5.82. The lowest BCUT2D eigenvalue weighted by Crippen LogP contribution is -2.34. The Kier molecular flexibility index (Phi) is 6.58. The van der Waals surface area contributed by atoms with E-state index in [0.29, 0.717) is 38.9 Å². The van der Waals surface area contributed by atoms with E-state index in [4.69, 9.17) is 32.7 Å². The van der Waals surface area contributed by atoms with E-state index in [9.17, 15) is 9.59 Å². The first-order valence-corrected chi connectivity index (χ1v) is 11.1. The Hall–Kier alpha value is -2.76. The van der Waals surface area contributed by atoms with Crippen molar-refractivity contribution in [3.8, 4) is 5.75 Å². The van der Waals surface area contributed by atoms with Crippen molar-refractivity contribution < 1.29 is 19.1 Å². The lowest BCUT2D eigenvalue weighted by atomic mass is 9.75. The fourth-order valence-electron chi connectivity index (χ4n) is 4.26. The molecule has 4 rings (SSSR count). The second-order valence-corrected chi connectivity index (χ2v) is 8.62. The van der Waals surface area contributed by atoms with E-state index in [1.807, 2.05) is 31.2 Å². The SMILES string of the molecule is COc1ccc(COC(=O)C2=C(C)NC3=C(C(=O)CCC3)[C@H]2c2cccc(Cl)c2Cl)cc1. The average molecular weight is 472 g/mol. The van der Waals surface area contributed by atoms with Crippen molar-refractivity contribution in [2.45, 2.75) is 38.7 Å². The molecule has 1 aliphatic carbocycles. The smallest absolute Gasteiger partial charge is 0.337 e. The third kappa shape index (κ3) is 4.27. The summed E-state index contributed by atoms with van der Waals surface area (Å²) in [4.78, 5) is 26.3. The van der Waals surface area contributed by atoms with Crippen molar-refractivity contribution in [1.82, 2.24) is 5.32 Å². The Morgan fingerprint density at radius 3 is 2.59 bits per heavy atom. The standard InChI is InChI=1S/C25H23Cl2NO4/c1-14-21(25(30)32-13-15-9-11-16(31-2)12-10-15)22(17-5-3-6-18(26)24(17)27)23-19(28-14)7-4-8-20(23)29/h3,5-6,9-12,22,28H,4,7-8,13H2,1-2H3/t22-/m0/s1. The summed E-state index contributed by atoms with van der Waals surface area (Å²) in [6.45, 7) is 1.91. The van der Waals surface area contributed by atoms with Gasteiger partial charge in [0.05, 0.1) is 22.7 Å². The first kappa shape index (κ1) is 22.4. The number of ether oxygens (including phenoxy) is 2. The molecule has 0 aromatic heterocycles. The summed E-state index contributed by atoms with van der Waals surface area (Å²) in [7, 11) is 1.59. The number of esters is 1. The van der Waals surface area contributed by atoms with Gasteiger partial charge in [0.25, 0.3) is 0 Å². The minimum Gasteiger partial charge on any atom is -0.497 e. The van der Waals surface area contributed by atoms with Crippen LogP contribution in [0.15, 0.2) is 65.0 Å². The Balaban J connectivity index is 1.70. The van der Waals surface area contributed by atoms with Gasteiger partial charge in [0.2, 0.25) is 0 Å². The van der Waals surface area contributed by atoms with Gasteiger partial charge < -0.3 is 14.8 Å². The van der Waals surface area contributed by atoms with Crippen molar-refractivity contribution in [2.75, 3.05) is 7.11 Å². The lowest BCUT2D eigenvalue weighted by Gasteiger charge is -2.34. The number of carbonyl (C=O) groups excluding carboxylic acids is 2. The minimum absolute atomic E-state index is 0.00717. The van der Waals surface area contributed by atoms with E-state index in [1.54, 1.807) is 25.3 Å². The van der Waals surface area contributed by atoms with Crippen molar-refractivity contribution in [3.63, 3.8) is 0 Å². The number of benzene rings is 2. The summed E-state index contributed by atoms with van der Waals surface area (Å²) in [5.74, 6) is -0.404. The van der Waals surface area contributed by atoms with Gasteiger partial charge in [0.1, 0.15) is 12.4 Å². The number of methoxy groups -OCH3 is 1. The zero-order chi connectivity index (χ0) is 22.8. The minimum atomic E-state index is -0.631. The highest BCUT2D eigenvalue weighted by atomic mass is 35.5. The lowest BCUT2D eigenvalue weighted by molar-refractivity contribution is -0.140. The molecule has 1 heterocycles. The van der Waals surface area contributed by atoms with Gasteiger partial charge >= 0.3 is 5.97 Å². The normalized spacial score (nSPS) is 18.2. The topological polar surface area (TPSA) is 64.6 Å². The maximum Gasteiger partial charge on any atom is 0.337 e. The molecule has 32 heavy (non-hydrogen) atoms. The molecule has 1 atom stereocenters. The molecule has 5 nitrogen and oxygen atoms in total. The van der Waals surface area contributed by atoms with Crippen LogP contribution in [0, 0.1) is 0 Å². The molecule has 0 saturated heterocycles. The molecule has 0 fully saturated rings. The molecule has 0 spiro atoms. The molecule has 1 N–H and O–H groups in total. The molecule has 0 saturated carbocycles. The quantitative estimate of drug-likeness (QED) is 0.565. The fourth-order valence-corrected chi connectivity index (χ4v) is 4.67. The first-order valence-electron chi connectivity index (χ1n) is 10.4. The Morgan fingerprint density at radius 2 is 1.88 bits per heavy atom. The Labute approximate surface area is 197 Å². The van der Waals surface area contributed by atoms with E-state index >= 15 is 0 Å². The zero-order valence-corrected chi connectivity index (χ0v) is 19.3. The molecule has 2 aromatic carbocycles. The summed E-state index contributed by atoms with van der Waals surface area (Å²) in [5, 5.41) is 3.98.